The number of ether oxygens (including phenoxy) is 1. The molecule has 0 saturated carbocycles. The maximum absolute atomic E-state index is 13.3. The minimum Gasteiger partial charge on any atom is -0.462 e. The van der Waals surface area contributed by atoms with Crippen molar-refractivity contribution in [3.8, 4) is 0 Å². The second kappa shape index (κ2) is 10.6. The molecule has 1 aliphatic rings. The van der Waals surface area contributed by atoms with Crippen LogP contribution >= 0.6 is 11.6 Å². The molecule has 3 rings (SSSR count). The average molecular weight is 471 g/mol. The molecule has 174 valence electrons. The standard InChI is InChI=1S/C25H27ClN2O5/c1-4-16(3)27(22(29)14-17-6-10-19(26)11-7-17)21-15-23(30)28(24(21)31)20-12-8-18(9-13-20)25(32)33-5-2/h6-13,16,21H,4-5,14-15H2,1-3H3. The zero-order valence-corrected chi connectivity index (χ0v) is 19.7. The Labute approximate surface area is 198 Å². The zero-order chi connectivity index (χ0) is 24.1. The number of hydrogen-bond donors (Lipinski definition) is 0. The molecule has 3 amide bonds. The number of carbonyl (C=O) groups excluding carboxylic acids is 4. The van der Waals surface area contributed by atoms with Gasteiger partial charge in [0.25, 0.3) is 5.91 Å². The summed E-state index contributed by atoms with van der Waals surface area (Å²) in [7, 11) is 0. The van der Waals surface area contributed by atoms with Gasteiger partial charge in [-0.25, -0.2) is 9.69 Å². The van der Waals surface area contributed by atoms with E-state index in [1.165, 1.54) is 29.2 Å². The Hall–Kier alpha value is -3.19. The molecule has 1 saturated heterocycles. The Kier molecular flexibility index (Phi) is 7.87. The minimum atomic E-state index is -0.878. The first-order valence-electron chi connectivity index (χ1n) is 11.0. The molecule has 1 aliphatic heterocycles. The molecule has 2 unspecified atom stereocenters. The van der Waals surface area contributed by atoms with E-state index in [4.69, 9.17) is 16.3 Å². The molecular weight excluding hydrogens is 444 g/mol. The maximum atomic E-state index is 13.3. The summed E-state index contributed by atoms with van der Waals surface area (Å²) in [6.07, 6.45) is 0.654. The summed E-state index contributed by atoms with van der Waals surface area (Å²) in [6.45, 7) is 5.76. The summed E-state index contributed by atoms with van der Waals surface area (Å²) in [4.78, 5) is 53.8. The van der Waals surface area contributed by atoms with E-state index < -0.39 is 17.9 Å². The summed E-state index contributed by atoms with van der Waals surface area (Å²) in [5.74, 6) is -1.54. The van der Waals surface area contributed by atoms with Gasteiger partial charge in [0.05, 0.1) is 30.7 Å². The summed E-state index contributed by atoms with van der Waals surface area (Å²) < 4.78 is 4.97. The Balaban J connectivity index is 1.82. The molecule has 33 heavy (non-hydrogen) atoms. The molecule has 1 fully saturated rings. The highest BCUT2D eigenvalue weighted by Crippen LogP contribution is 2.28. The van der Waals surface area contributed by atoms with Gasteiger partial charge < -0.3 is 9.64 Å². The largest absolute Gasteiger partial charge is 0.462 e. The number of amides is 3. The van der Waals surface area contributed by atoms with Crippen molar-refractivity contribution < 1.29 is 23.9 Å². The van der Waals surface area contributed by atoms with E-state index in [0.29, 0.717) is 22.7 Å². The zero-order valence-electron chi connectivity index (χ0n) is 18.9. The number of carbonyl (C=O) groups is 4. The predicted molar refractivity (Wildman–Crippen MR) is 125 cm³/mol. The minimum absolute atomic E-state index is 0.0881. The lowest BCUT2D eigenvalue weighted by Crippen LogP contribution is -2.50. The van der Waals surface area contributed by atoms with Crippen LogP contribution in [0.4, 0.5) is 5.69 Å². The number of anilines is 1. The van der Waals surface area contributed by atoms with E-state index in [-0.39, 0.29) is 37.3 Å². The Morgan fingerprint density at radius 3 is 2.30 bits per heavy atom. The summed E-state index contributed by atoms with van der Waals surface area (Å²) in [5.41, 5.74) is 1.46. The van der Waals surface area contributed by atoms with E-state index in [1.54, 1.807) is 31.2 Å². The lowest BCUT2D eigenvalue weighted by atomic mass is 10.1. The molecular formula is C25H27ClN2O5. The number of imide groups is 1. The number of esters is 1. The predicted octanol–water partition coefficient (Wildman–Crippen LogP) is 4.02. The van der Waals surface area contributed by atoms with Crippen LogP contribution in [-0.2, 0) is 25.5 Å². The first-order chi connectivity index (χ1) is 15.8. The summed E-state index contributed by atoms with van der Waals surface area (Å²) in [6, 6.07) is 12.0. The SMILES string of the molecule is CCOC(=O)c1ccc(N2C(=O)CC(N(C(=O)Cc3ccc(Cl)cc3)C(C)CC)C2=O)cc1. The molecule has 0 spiro atoms. The Morgan fingerprint density at radius 2 is 1.73 bits per heavy atom. The van der Waals surface area contributed by atoms with Crippen LogP contribution < -0.4 is 4.90 Å². The van der Waals surface area contributed by atoms with Gasteiger partial charge in [-0.1, -0.05) is 30.7 Å². The maximum Gasteiger partial charge on any atom is 0.338 e. The Bertz CT molecular complexity index is 1040. The highest BCUT2D eigenvalue weighted by Gasteiger charge is 2.45. The van der Waals surface area contributed by atoms with Crippen molar-refractivity contribution >= 4 is 41.0 Å². The molecule has 0 aromatic heterocycles. The van der Waals surface area contributed by atoms with E-state index >= 15 is 0 Å². The normalized spacial score (nSPS) is 16.6. The van der Waals surface area contributed by atoms with Gasteiger partial charge in [0, 0.05) is 11.1 Å². The third-order valence-corrected chi connectivity index (χ3v) is 5.97. The molecule has 1 heterocycles. The molecule has 0 bridgehead atoms. The molecule has 0 N–H and O–H groups in total. The topological polar surface area (TPSA) is 84.0 Å². The van der Waals surface area contributed by atoms with Crippen molar-refractivity contribution in [3.05, 3.63) is 64.7 Å². The number of benzene rings is 2. The van der Waals surface area contributed by atoms with Gasteiger partial charge >= 0.3 is 5.97 Å². The van der Waals surface area contributed by atoms with E-state index in [1.807, 2.05) is 13.8 Å². The fourth-order valence-corrected chi connectivity index (χ4v) is 3.98. The van der Waals surface area contributed by atoms with E-state index in [0.717, 1.165) is 10.5 Å². The van der Waals surface area contributed by atoms with E-state index in [2.05, 4.69) is 0 Å². The van der Waals surface area contributed by atoms with Crippen LogP contribution in [0.25, 0.3) is 0 Å². The van der Waals surface area contributed by atoms with Crippen molar-refractivity contribution in [3.63, 3.8) is 0 Å². The number of nitrogens with zero attached hydrogens (tertiary/aromatic N) is 2. The Morgan fingerprint density at radius 1 is 1.09 bits per heavy atom. The molecule has 7 nitrogen and oxygen atoms in total. The lowest BCUT2D eigenvalue weighted by Gasteiger charge is -2.33. The molecule has 2 atom stereocenters. The molecule has 2 aromatic carbocycles. The highest BCUT2D eigenvalue weighted by atomic mass is 35.5. The van der Waals surface area contributed by atoms with Crippen molar-refractivity contribution in [2.75, 3.05) is 11.5 Å². The van der Waals surface area contributed by atoms with Crippen LogP contribution in [0, 0.1) is 0 Å². The van der Waals surface area contributed by atoms with E-state index in [9.17, 15) is 19.2 Å². The number of hydrogen-bond acceptors (Lipinski definition) is 5. The van der Waals surface area contributed by atoms with Crippen LogP contribution in [0.3, 0.4) is 0 Å². The first-order valence-corrected chi connectivity index (χ1v) is 11.3. The number of rotatable bonds is 8. The van der Waals surface area contributed by atoms with Crippen LogP contribution in [0.2, 0.25) is 5.02 Å². The lowest BCUT2D eigenvalue weighted by molar-refractivity contribution is -0.140. The number of halogens is 1. The van der Waals surface area contributed by atoms with Gasteiger partial charge in [-0.15, -0.1) is 0 Å². The summed E-state index contributed by atoms with van der Waals surface area (Å²) in [5, 5.41) is 0.575. The first kappa shape index (κ1) is 24.5. The van der Waals surface area contributed by atoms with Gasteiger partial charge in [0.1, 0.15) is 6.04 Å². The van der Waals surface area contributed by atoms with Crippen molar-refractivity contribution in [1.29, 1.82) is 0 Å². The summed E-state index contributed by atoms with van der Waals surface area (Å²) >= 11 is 5.93. The quantitative estimate of drug-likeness (QED) is 0.430. The third kappa shape index (κ3) is 5.42. The average Bonchev–Trinajstić information content (AvgIpc) is 3.09. The second-order valence-electron chi connectivity index (χ2n) is 7.92. The smallest absolute Gasteiger partial charge is 0.338 e. The second-order valence-corrected chi connectivity index (χ2v) is 8.35. The van der Waals surface area contributed by atoms with Crippen molar-refractivity contribution in [1.82, 2.24) is 4.90 Å². The molecule has 8 heteroatoms. The fourth-order valence-electron chi connectivity index (χ4n) is 3.86. The monoisotopic (exact) mass is 470 g/mol. The van der Waals surface area contributed by atoms with Crippen LogP contribution in [0.15, 0.2) is 48.5 Å². The van der Waals surface area contributed by atoms with Gasteiger partial charge in [-0.3, -0.25) is 14.4 Å². The van der Waals surface area contributed by atoms with Crippen LogP contribution in [0.1, 0.15) is 49.5 Å². The van der Waals surface area contributed by atoms with Crippen LogP contribution in [0.5, 0.6) is 0 Å². The molecule has 2 aromatic rings. The molecule has 0 aliphatic carbocycles. The van der Waals surface area contributed by atoms with Gasteiger partial charge in [-0.05, 0) is 62.2 Å². The van der Waals surface area contributed by atoms with Crippen LogP contribution in [-0.4, -0.2) is 47.3 Å². The molecule has 0 radical (unpaired) electrons. The fraction of sp³-hybridized carbons (Fsp3) is 0.360. The van der Waals surface area contributed by atoms with Crippen molar-refractivity contribution in [2.24, 2.45) is 0 Å². The van der Waals surface area contributed by atoms with Gasteiger partial charge in [0.15, 0.2) is 0 Å². The third-order valence-electron chi connectivity index (χ3n) is 5.72. The van der Waals surface area contributed by atoms with Crippen molar-refractivity contribution in [2.45, 2.75) is 52.1 Å². The van der Waals surface area contributed by atoms with Gasteiger partial charge in [0.2, 0.25) is 11.8 Å². The van der Waals surface area contributed by atoms with Gasteiger partial charge in [-0.2, -0.15) is 0 Å². The highest BCUT2D eigenvalue weighted by molar-refractivity contribution is 6.30.